The summed E-state index contributed by atoms with van der Waals surface area (Å²) in [7, 11) is 1.65. The number of carbonyl (C=O) groups is 1. The largest absolute Gasteiger partial charge is 0.497 e. The lowest BCUT2D eigenvalue weighted by Gasteiger charge is -2.02. The van der Waals surface area contributed by atoms with Crippen LogP contribution in [-0.4, -0.2) is 12.9 Å². The van der Waals surface area contributed by atoms with Gasteiger partial charge in [-0.05, 0) is 35.6 Å². The topological polar surface area (TPSA) is 26.3 Å². The molecule has 0 saturated carbocycles. The SMILES string of the molecule is COc1ccc(CCC(=O)c2ccsc2)cc1. The summed E-state index contributed by atoms with van der Waals surface area (Å²) in [5.74, 6) is 1.06. The van der Waals surface area contributed by atoms with Gasteiger partial charge in [-0.2, -0.15) is 11.3 Å². The Labute approximate surface area is 105 Å². The highest BCUT2D eigenvalue weighted by molar-refractivity contribution is 7.08. The average molecular weight is 246 g/mol. The number of hydrogen-bond donors (Lipinski definition) is 0. The molecule has 88 valence electrons. The molecule has 0 atom stereocenters. The molecule has 0 saturated heterocycles. The fourth-order valence-electron chi connectivity index (χ4n) is 1.62. The number of ketones is 1. The molecule has 3 heteroatoms. The van der Waals surface area contributed by atoms with Gasteiger partial charge < -0.3 is 4.74 Å². The van der Waals surface area contributed by atoms with Crippen molar-refractivity contribution < 1.29 is 9.53 Å². The molecule has 0 amide bonds. The lowest BCUT2D eigenvalue weighted by Crippen LogP contribution is -1.99. The standard InChI is InChI=1S/C14H14O2S/c1-16-13-5-2-11(3-6-13)4-7-14(15)12-8-9-17-10-12/h2-3,5-6,8-10H,4,7H2,1H3. The van der Waals surface area contributed by atoms with Gasteiger partial charge in [0.05, 0.1) is 7.11 Å². The van der Waals surface area contributed by atoms with Gasteiger partial charge in [0.2, 0.25) is 0 Å². The first-order chi connectivity index (χ1) is 8.29. The lowest BCUT2D eigenvalue weighted by atomic mass is 10.0. The lowest BCUT2D eigenvalue weighted by molar-refractivity contribution is 0.0983. The first kappa shape index (κ1) is 11.9. The van der Waals surface area contributed by atoms with E-state index < -0.39 is 0 Å². The summed E-state index contributed by atoms with van der Waals surface area (Å²) in [6.07, 6.45) is 1.34. The van der Waals surface area contributed by atoms with Crippen molar-refractivity contribution in [3.8, 4) is 5.75 Å². The van der Waals surface area contributed by atoms with Gasteiger partial charge in [-0.3, -0.25) is 4.79 Å². The van der Waals surface area contributed by atoms with Crippen LogP contribution < -0.4 is 4.74 Å². The first-order valence-electron chi connectivity index (χ1n) is 5.48. The van der Waals surface area contributed by atoms with Crippen LogP contribution in [0.2, 0.25) is 0 Å². The van der Waals surface area contributed by atoms with E-state index in [2.05, 4.69) is 0 Å². The molecule has 0 aliphatic rings. The molecular formula is C14H14O2S. The zero-order valence-corrected chi connectivity index (χ0v) is 10.5. The van der Waals surface area contributed by atoms with Crippen molar-refractivity contribution in [2.75, 3.05) is 7.11 Å². The van der Waals surface area contributed by atoms with Crippen molar-refractivity contribution in [2.45, 2.75) is 12.8 Å². The first-order valence-corrected chi connectivity index (χ1v) is 6.42. The maximum absolute atomic E-state index is 11.8. The van der Waals surface area contributed by atoms with E-state index in [0.717, 1.165) is 23.3 Å². The third-order valence-electron chi connectivity index (χ3n) is 2.64. The van der Waals surface area contributed by atoms with E-state index >= 15 is 0 Å². The molecule has 2 nitrogen and oxygen atoms in total. The monoisotopic (exact) mass is 246 g/mol. The van der Waals surface area contributed by atoms with Crippen LogP contribution in [0.3, 0.4) is 0 Å². The Bertz CT molecular complexity index is 471. The minimum absolute atomic E-state index is 0.210. The summed E-state index contributed by atoms with van der Waals surface area (Å²) in [4.78, 5) is 11.8. The van der Waals surface area contributed by atoms with Crippen LogP contribution in [0.1, 0.15) is 22.3 Å². The van der Waals surface area contributed by atoms with Crippen LogP contribution in [0.4, 0.5) is 0 Å². The highest BCUT2D eigenvalue weighted by atomic mass is 32.1. The molecule has 0 radical (unpaired) electrons. The molecule has 0 aliphatic heterocycles. The second-order valence-electron chi connectivity index (χ2n) is 3.78. The van der Waals surface area contributed by atoms with Gasteiger partial charge in [0.25, 0.3) is 0 Å². The normalized spacial score (nSPS) is 10.2. The van der Waals surface area contributed by atoms with Crippen molar-refractivity contribution in [3.63, 3.8) is 0 Å². The molecule has 1 aromatic heterocycles. The third kappa shape index (κ3) is 3.17. The van der Waals surface area contributed by atoms with Gasteiger partial charge in [-0.1, -0.05) is 12.1 Å². The second-order valence-corrected chi connectivity index (χ2v) is 4.56. The van der Waals surface area contributed by atoms with Crippen molar-refractivity contribution in [1.82, 2.24) is 0 Å². The Hall–Kier alpha value is -1.61. The number of thiophene rings is 1. The fourth-order valence-corrected chi connectivity index (χ4v) is 2.28. The van der Waals surface area contributed by atoms with E-state index in [1.165, 1.54) is 0 Å². The molecule has 0 spiro atoms. The number of hydrogen-bond acceptors (Lipinski definition) is 3. The minimum Gasteiger partial charge on any atom is -0.497 e. The van der Waals surface area contributed by atoms with Crippen LogP contribution in [0, 0.1) is 0 Å². The van der Waals surface area contributed by atoms with Crippen molar-refractivity contribution in [1.29, 1.82) is 0 Å². The van der Waals surface area contributed by atoms with Gasteiger partial charge in [0.1, 0.15) is 5.75 Å². The van der Waals surface area contributed by atoms with Gasteiger partial charge in [-0.25, -0.2) is 0 Å². The number of ether oxygens (including phenoxy) is 1. The van der Waals surface area contributed by atoms with Crippen molar-refractivity contribution >= 4 is 17.1 Å². The van der Waals surface area contributed by atoms with Crippen LogP contribution >= 0.6 is 11.3 Å². The summed E-state index contributed by atoms with van der Waals surface area (Å²) in [6.45, 7) is 0. The molecule has 0 unspecified atom stereocenters. The Balaban J connectivity index is 1.91. The van der Waals surface area contributed by atoms with Gasteiger partial charge in [0.15, 0.2) is 5.78 Å². The second kappa shape index (κ2) is 5.64. The molecule has 1 heterocycles. The zero-order valence-electron chi connectivity index (χ0n) is 9.68. The Morgan fingerprint density at radius 2 is 2.00 bits per heavy atom. The Morgan fingerprint density at radius 3 is 2.59 bits per heavy atom. The van der Waals surface area contributed by atoms with Crippen LogP contribution in [-0.2, 0) is 6.42 Å². The number of carbonyl (C=O) groups excluding carboxylic acids is 1. The number of Topliss-reactive ketones (excluding diaryl/α,β-unsaturated/α-hetero) is 1. The molecule has 2 rings (SSSR count). The van der Waals surface area contributed by atoms with E-state index in [1.807, 2.05) is 41.1 Å². The summed E-state index contributed by atoms with van der Waals surface area (Å²) in [5.41, 5.74) is 1.98. The predicted octanol–water partition coefficient (Wildman–Crippen LogP) is 3.57. The molecule has 0 aliphatic carbocycles. The van der Waals surface area contributed by atoms with E-state index in [1.54, 1.807) is 18.4 Å². The third-order valence-corrected chi connectivity index (χ3v) is 3.33. The van der Waals surface area contributed by atoms with Crippen LogP contribution in [0.25, 0.3) is 0 Å². The zero-order chi connectivity index (χ0) is 12.1. The number of rotatable bonds is 5. The maximum atomic E-state index is 11.8. The minimum atomic E-state index is 0.210. The predicted molar refractivity (Wildman–Crippen MR) is 70.0 cm³/mol. The summed E-state index contributed by atoms with van der Waals surface area (Å²) in [6, 6.07) is 9.72. The molecule has 0 fully saturated rings. The van der Waals surface area contributed by atoms with Crippen LogP contribution in [0.5, 0.6) is 5.75 Å². The molecular weight excluding hydrogens is 232 g/mol. The fraction of sp³-hybridized carbons (Fsp3) is 0.214. The summed E-state index contributed by atoms with van der Waals surface area (Å²) in [5, 5.41) is 3.83. The maximum Gasteiger partial charge on any atom is 0.164 e. The highest BCUT2D eigenvalue weighted by Crippen LogP contribution is 2.14. The number of methoxy groups -OCH3 is 1. The van der Waals surface area contributed by atoms with Gasteiger partial charge in [-0.15, -0.1) is 0 Å². The average Bonchev–Trinajstić information content (AvgIpc) is 2.90. The van der Waals surface area contributed by atoms with Crippen molar-refractivity contribution in [2.24, 2.45) is 0 Å². The van der Waals surface area contributed by atoms with E-state index in [0.29, 0.717) is 6.42 Å². The molecule has 2 aromatic rings. The smallest absolute Gasteiger partial charge is 0.164 e. The number of aryl methyl sites for hydroxylation is 1. The van der Waals surface area contributed by atoms with E-state index in [9.17, 15) is 4.79 Å². The molecule has 0 bridgehead atoms. The molecule has 0 N–H and O–H groups in total. The van der Waals surface area contributed by atoms with E-state index in [4.69, 9.17) is 4.74 Å². The molecule has 1 aromatic carbocycles. The van der Waals surface area contributed by atoms with Gasteiger partial charge >= 0.3 is 0 Å². The quantitative estimate of drug-likeness (QED) is 0.754. The molecule has 17 heavy (non-hydrogen) atoms. The Kier molecular flexibility index (Phi) is 3.94. The van der Waals surface area contributed by atoms with Gasteiger partial charge in [0, 0.05) is 17.4 Å². The highest BCUT2D eigenvalue weighted by Gasteiger charge is 2.06. The summed E-state index contributed by atoms with van der Waals surface area (Å²) < 4.78 is 5.09. The van der Waals surface area contributed by atoms with Crippen molar-refractivity contribution in [3.05, 3.63) is 52.2 Å². The van der Waals surface area contributed by atoms with Crippen LogP contribution in [0.15, 0.2) is 41.1 Å². The van der Waals surface area contributed by atoms with E-state index in [-0.39, 0.29) is 5.78 Å². The Morgan fingerprint density at radius 1 is 1.24 bits per heavy atom. The number of benzene rings is 1. The summed E-state index contributed by atoms with van der Waals surface area (Å²) >= 11 is 1.56.